The first-order valence-electron chi connectivity index (χ1n) is 11.3. The number of carbonyl (C=O) groups excluding carboxylic acids is 1. The predicted octanol–water partition coefficient (Wildman–Crippen LogP) is 3.56. The molecule has 0 atom stereocenters. The molecule has 0 bridgehead atoms. The van der Waals surface area contributed by atoms with Gasteiger partial charge in [0, 0.05) is 38.9 Å². The second kappa shape index (κ2) is 10.2. The minimum absolute atomic E-state index is 0.106. The number of nitrogens with one attached hydrogen (secondary N) is 1. The fourth-order valence-corrected chi connectivity index (χ4v) is 4.64. The number of rotatable bonds is 8. The SMILES string of the molecule is CCn1c(SCC(=O)Nc2c(C)n(C)n(-c3ccccc3)c2=O)nnc1-c1cccc(N(C)C)c1. The lowest BCUT2D eigenvalue weighted by molar-refractivity contribution is -0.113. The molecule has 182 valence electrons. The highest BCUT2D eigenvalue weighted by Gasteiger charge is 2.20. The number of para-hydroxylation sites is 1. The van der Waals surface area contributed by atoms with E-state index in [2.05, 4.69) is 21.6 Å². The molecule has 0 aliphatic carbocycles. The van der Waals surface area contributed by atoms with E-state index in [0.717, 1.165) is 22.8 Å². The van der Waals surface area contributed by atoms with Crippen molar-refractivity contribution in [3.8, 4) is 17.1 Å². The smallest absolute Gasteiger partial charge is 0.295 e. The third-order valence-electron chi connectivity index (χ3n) is 5.80. The Labute approximate surface area is 208 Å². The van der Waals surface area contributed by atoms with Crippen molar-refractivity contribution in [2.45, 2.75) is 25.5 Å². The topological polar surface area (TPSA) is 90.0 Å². The summed E-state index contributed by atoms with van der Waals surface area (Å²) in [5.74, 6) is 0.584. The Hall–Kier alpha value is -3.79. The summed E-state index contributed by atoms with van der Waals surface area (Å²) in [4.78, 5) is 27.9. The van der Waals surface area contributed by atoms with Crippen LogP contribution >= 0.6 is 11.8 Å². The Balaban J connectivity index is 1.51. The summed E-state index contributed by atoms with van der Waals surface area (Å²) in [5.41, 5.74) is 3.45. The molecule has 0 saturated heterocycles. The highest BCUT2D eigenvalue weighted by molar-refractivity contribution is 7.99. The number of anilines is 2. The molecule has 1 amide bonds. The van der Waals surface area contributed by atoms with E-state index in [-0.39, 0.29) is 22.9 Å². The maximum absolute atomic E-state index is 13.0. The van der Waals surface area contributed by atoms with Crippen LogP contribution in [-0.2, 0) is 18.4 Å². The molecule has 0 saturated carbocycles. The molecule has 10 heteroatoms. The van der Waals surface area contributed by atoms with Gasteiger partial charge in [-0.15, -0.1) is 10.2 Å². The second-order valence-electron chi connectivity index (χ2n) is 8.27. The highest BCUT2D eigenvalue weighted by atomic mass is 32.2. The van der Waals surface area contributed by atoms with Gasteiger partial charge in [0.15, 0.2) is 11.0 Å². The number of benzene rings is 2. The fraction of sp³-hybridized carbons (Fsp3) is 0.280. The fourth-order valence-electron chi connectivity index (χ4n) is 3.84. The molecule has 0 aliphatic heterocycles. The first-order chi connectivity index (χ1) is 16.8. The molecule has 0 radical (unpaired) electrons. The summed E-state index contributed by atoms with van der Waals surface area (Å²) in [5, 5.41) is 12.2. The summed E-state index contributed by atoms with van der Waals surface area (Å²) in [7, 11) is 5.78. The van der Waals surface area contributed by atoms with Gasteiger partial charge in [-0.1, -0.05) is 42.1 Å². The molecule has 2 heterocycles. The predicted molar refractivity (Wildman–Crippen MR) is 141 cm³/mol. The van der Waals surface area contributed by atoms with Crippen molar-refractivity contribution in [2.24, 2.45) is 7.05 Å². The van der Waals surface area contributed by atoms with E-state index in [1.54, 1.807) is 16.4 Å². The zero-order valence-corrected chi connectivity index (χ0v) is 21.3. The summed E-state index contributed by atoms with van der Waals surface area (Å²) < 4.78 is 5.27. The highest BCUT2D eigenvalue weighted by Crippen LogP contribution is 2.26. The van der Waals surface area contributed by atoms with Crippen LogP contribution in [0, 0.1) is 6.92 Å². The van der Waals surface area contributed by atoms with Crippen LogP contribution in [0.2, 0.25) is 0 Å². The molecule has 0 fully saturated rings. The minimum atomic E-state index is -0.275. The minimum Gasteiger partial charge on any atom is -0.378 e. The zero-order valence-electron chi connectivity index (χ0n) is 20.5. The third-order valence-corrected chi connectivity index (χ3v) is 6.77. The molecule has 2 aromatic heterocycles. The number of nitrogens with zero attached hydrogens (tertiary/aromatic N) is 6. The molecule has 9 nitrogen and oxygen atoms in total. The van der Waals surface area contributed by atoms with Gasteiger partial charge in [-0.2, -0.15) is 0 Å². The molecule has 0 unspecified atom stereocenters. The van der Waals surface area contributed by atoms with Crippen LogP contribution in [0.3, 0.4) is 0 Å². The monoisotopic (exact) mass is 491 g/mol. The van der Waals surface area contributed by atoms with E-state index < -0.39 is 0 Å². The summed E-state index contributed by atoms with van der Waals surface area (Å²) in [6, 6.07) is 17.4. The lowest BCUT2D eigenvalue weighted by Crippen LogP contribution is -2.23. The summed E-state index contributed by atoms with van der Waals surface area (Å²) in [6.07, 6.45) is 0. The van der Waals surface area contributed by atoms with Crippen LogP contribution in [0.15, 0.2) is 64.5 Å². The zero-order chi connectivity index (χ0) is 25.1. The van der Waals surface area contributed by atoms with Crippen LogP contribution in [0.4, 0.5) is 11.4 Å². The lowest BCUT2D eigenvalue weighted by Gasteiger charge is -2.14. The lowest BCUT2D eigenvalue weighted by atomic mass is 10.2. The number of amides is 1. The van der Waals surface area contributed by atoms with E-state index in [0.29, 0.717) is 17.4 Å². The first-order valence-corrected chi connectivity index (χ1v) is 12.3. The number of thioether (sulfide) groups is 1. The largest absolute Gasteiger partial charge is 0.378 e. The Kier molecular flexibility index (Phi) is 7.11. The second-order valence-corrected chi connectivity index (χ2v) is 9.21. The third kappa shape index (κ3) is 4.88. The van der Waals surface area contributed by atoms with Crippen LogP contribution in [0.5, 0.6) is 0 Å². The van der Waals surface area contributed by atoms with Crippen molar-refractivity contribution < 1.29 is 4.79 Å². The average molecular weight is 492 g/mol. The van der Waals surface area contributed by atoms with E-state index in [1.165, 1.54) is 11.8 Å². The van der Waals surface area contributed by atoms with E-state index >= 15 is 0 Å². The normalized spacial score (nSPS) is 11.0. The number of hydrogen-bond donors (Lipinski definition) is 1. The van der Waals surface area contributed by atoms with Gasteiger partial charge in [-0.05, 0) is 38.1 Å². The van der Waals surface area contributed by atoms with Gasteiger partial charge in [0.05, 0.1) is 17.1 Å². The Morgan fingerprint density at radius 2 is 1.83 bits per heavy atom. The van der Waals surface area contributed by atoms with Crippen molar-refractivity contribution in [1.29, 1.82) is 0 Å². The van der Waals surface area contributed by atoms with E-state index in [9.17, 15) is 9.59 Å². The van der Waals surface area contributed by atoms with Gasteiger partial charge in [0.25, 0.3) is 5.56 Å². The van der Waals surface area contributed by atoms with Gasteiger partial charge in [-0.25, -0.2) is 4.68 Å². The molecule has 4 rings (SSSR count). The van der Waals surface area contributed by atoms with Crippen molar-refractivity contribution >= 4 is 29.0 Å². The molecular weight excluding hydrogens is 462 g/mol. The molecule has 4 aromatic rings. The van der Waals surface area contributed by atoms with Crippen LogP contribution in [-0.4, -0.2) is 49.9 Å². The van der Waals surface area contributed by atoms with Crippen LogP contribution in [0.25, 0.3) is 17.1 Å². The molecule has 1 N–H and O–H groups in total. The number of carbonyl (C=O) groups is 1. The molecular formula is C25H29N7O2S. The summed E-state index contributed by atoms with van der Waals surface area (Å²) >= 11 is 1.30. The molecule has 35 heavy (non-hydrogen) atoms. The summed E-state index contributed by atoms with van der Waals surface area (Å²) in [6.45, 7) is 4.50. The van der Waals surface area contributed by atoms with E-state index in [4.69, 9.17) is 0 Å². The molecule has 0 aliphatic rings. The van der Waals surface area contributed by atoms with Gasteiger partial charge < -0.3 is 14.8 Å². The van der Waals surface area contributed by atoms with Crippen molar-refractivity contribution in [1.82, 2.24) is 24.1 Å². The van der Waals surface area contributed by atoms with E-state index in [1.807, 2.05) is 85.9 Å². The Bertz CT molecular complexity index is 1400. The molecule has 0 spiro atoms. The first kappa shape index (κ1) is 24.3. The number of aromatic nitrogens is 5. The Morgan fingerprint density at radius 1 is 1.09 bits per heavy atom. The quantitative estimate of drug-likeness (QED) is 0.379. The number of hydrogen-bond acceptors (Lipinski definition) is 6. The van der Waals surface area contributed by atoms with Crippen molar-refractivity contribution in [3.63, 3.8) is 0 Å². The van der Waals surface area contributed by atoms with Gasteiger partial charge in [0.2, 0.25) is 5.91 Å². The van der Waals surface area contributed by atoms with Crippen molar-refractivity contribution in [2.75, 3.05) is 30.1 Å². The van der Waals surface area contributed by atoms with Crippen molar-refractivity contribution in [3.05, 3.63) is 70.6 Å². The maximum atomic E-state index is 13.0. The van der Waals surface area contributed by atoms with Crippen LogP contribution in [0.1, 0.15) is 12.6 Å². The van der Waals surface area contributed by atoms with Gasteiger partial charge in [-0.3, -0.25) is 14.3 Å². The maximum Gasteiger partial charge on any atom is 0.295 e. The standard InChI is InChI=1S/C25H29N7O2S/c1-6-31-23(18-11-10-14-20(15-18)29(3)4)27-28-25(31)35-16-21(33)26-22-17(2)30(5)32(24(22)34)19-12-8-7-9-13-19/h7-15H,6,16H2,1-5H3,(H,26,33). The Morgan fingerprint density at radius 3 is 2.51 bits per heavy atom. The van der Waals surface area contributed by atoms with Crippen LogP contribution < -0.4 is 15.8 Å². The molecule has 2 aromatic carbocycles. The van der Waals surface area contributed by atoms with Gasteiger partial charge >= 0.3 is 0 Å². The average Bonchev–Trinajstić information content (AvgIpc) is 3.37. The van der Waals surface area contributed by atoms with Gasteiger partial charge in [0.1, 0.15) is 5.69 Å².